The molecule has 25 heavy (non-hydrogen) atoms. The van der Waals surface area contributed by atoms with E-state index in [1.54, 1.807) is 30.5 Å². The molecule has 0 aliphatic heterocycles. The summed E-state index contributed by atoms with van der Waals surface area (Å²) in [6.45, 7) is 0. The molecular weight excluding hydrogens is 319 g/mol. The first-order chi connectivity index (χ1) is 12.1. The molecule has 0 bridgehead atoms. The van der Waals surface area contributed by atoms with Crippen LogP contribution in [0, 0.1) is 17.1 Å². The van der Waals surface area contributed by atoms with E-state index in [-0.39, 0.29) is 11.7 Å². The lowest BCUT2D eigenvalue weighted by Crippen LogP contribution is -2.12. The van der Waals surface area contributed by atoms with Crippen LogP contribution in [-0.2, 0) is 0 Å². The van der Waals surface area contributed by atoms with Gasteiger partial charge < -0.3 is 10.6 Å². The average molecular weight is 332 g/mol. The fourth-order valence-electron chi connectivity index (χ4n) is 2.20. The second-order valence-corrected chi connectivity index (χ2v) is 5.24. The molecule has 1 heterocycles. The SMILES string of the molecule is N#Cc1cccc(Nc2cncc(C(=O)Nc3ccc(F)cc3)c2)c1. The summed E-state index contributed by atoms with van der Waals surface area (Å²) in [6, 6.07) is 16.2. The minimum Gasteiger partial charge on any atom is -0.354 e. The number of nitrogens with zero attached hydrogens (tertiary/aromatic N) is 2. The summed E-state index contributed by atoms with van der Waals surface area (Å²) >= 11 is 0. The van der Waals surface area contributed by atoms with Gasteiger partial charge in [-0.25, -0.2) is 4.39 Å². The number of aromatic nitrogens is 1. The molecule has 0 radical (unpaired) electrons. The molecule has 122 valence electrons. The van der Waals surface area contributed by atoms with Crippen LogP contribution in [0.15, 0.2) is 67.0 Å². The van der Waals surface area contributed by atoms with Gasteiger partial charge in [0, 0.05) is 17.6 Å². The summed E-state index contributed by atoms with van der Waals surface area (Å²) in [4.78, 5) is 16.3. The molecule has 6 heteroatoms. The van der Waals surface area contributed by atoms with Gasteiger partial charge in [0.1, 0.15) is 5.82 Å². The van der Waals surface area contributed by atoms with E-state index in [0.29, 0.717) is 22.5 Å². The zero-order chi connectivity index (χ0) is 17.6. The van der Waals surface area contributed by atoms with Crippen molar-refractivity contribution < 1.29 is 9.18 Å². The first-order valence-electron chi connectivity index (χ1n) is 7.43. The normalized spacial score (nSPS) is 9.92. The van der Waals surface area contributed by atoms with Gasteiger partial charge in [0.05, 0.1) is 29.1 Å². The molecule has 5 nitrogen and oxygen atoms in total. The monoisotopic (exact) mass is 332 g/mol. The van der Waals surface area contributed by atoms with Crippen LogP contribution in [0.4, 0.5) is 21.5 Å². The Morgan fingerprint density at radius 1 is 1.00 bits per heavy atom. The molecule has 0 fully saturated rings. The molecule has 0 aliphatic carbocycles. The number of hydrogen-bond acceptors (Lipinski definition) is 4. The number of nitrogens with one attached hydrogen (secondary N) is 2. The van der Waals surface area contributed by atoms with Crippen molar-refractivity contribution in [2.24, 2.45) is 0 Å². The smallest absolute Gasteiger partial charge is 0.257 e. The zero-order valence-electron chi connectivity index (χ0n) is 13.0. The number of amides is 1. The van der Waals surface area contributed by atoms with E-state index in [4.69, 9.17) is 5.26 Å². The number of pyridine rings is 1. The summed E-state index contributed by atoms with van der Waals surface area (Å²) in [5, 5.41) is 14.7. The Balaban J connectivity index is 1.75. The van der Waals surface area contributed by atoms with E-state index >= 15 is 0 Å². The topological polar surface area (TPSA) is 77.8 Å². The molecule has 0 spiro atoms. The van der Waals surface area contributed by atoms with Crippen molar-refractivity contribution in [3.63, 3.8) is 0 Å². The number of rotatable bonds is 4. The maximum atomic E-state index is 12.9. The van der Waals surface area contributed by atoms with E-state index in [9.17, 15) is 9.18 Å². The van der Waals surface area contributed by atoms with E-state index in [1.807, 2.05) is 6.07 Å². The molecule has 0 saturated heterocycles. The summed E-state index contributed by atoms with van der Waals surface area (Å²) in [5.41, 5.74) is 2.71. The highest BCUT2D eigenvalue weighted by molar-refractivity contribution is 6.04. The lowest BCUT2D eigenvalue weighted by atomic mass is 10.2. The largest absolute Gasteiger partial charge is 0.354 e. The first kappa shape index (κ1) is 16.1. The highest BCUT2D eigenvalue weighted by Gasteiger charge is 2.08. The van der Waals surface area contributed by atoms with Crippen molar-refractivity contribution in [2.75, 3.05) is 10.6 Å². The van der Waals surface area contributed by atoms with Crippen LogP contribution >= 0.6 is 0 Å². The molecule has 1 amide bonds. The number of carbonyl (C=O) groups excluding carboxylic acids is 1. The number of carbonyl (C=O) groups is 1. The predicted octanol–water partition coefficient (Wildman–Crippen LogP) is 4.09. The van der Waals surface area contributed by atoms with Gasteiger partial charge in [-0.05, 0) is 48.5 Å². The van der Waals surface area contributed by atoms with Crippen LogP contribution in [0.2, 0.25) is 0 Å². The Bertz CT molecular complexity index is 948. The minimum atomic E-state index is -0.370. The molecule has 2 N–H and O–H groups in total. The fourth-order valence-corrected chi connectivity index (χ4v) is 2.20. The predicted molar refractivity (Wildman–Crippen MR) is 93.0 cm³/mol. The average Bonchev–Trinajstić information content (AvgIpc) is 2.64. The number of benzene rings is 2. The molecule has 1 aromatic heterocycles. The third-order valence-corrected chi connectivity index (χ3v) is 3.38. The number of anilines is 3. The van der Waals surface area contributed by atoms with Crippen LogP contribution in [0.1, 0.15) is 15.9 Å². The summed E-state index contributed by atoms with van der Waals surface area (Å²) in [5.74, 6) is -0.723. The van der Waals surface area contributed by atoms with Crippen LogP contribution in [-0.4, -0.2) is 10.9 Å². The fraction of sp³-hybridized carbons (Fsp3) is 0. The van der Waals surface area contributed by atoms with Gasteiger partial charge >= 0.3 is 0 Å². The van der Waals surface area contributed by atoms with Crippen LogP contribution in [0.3, 0.4) is 0 Å². The number of hydrogen-bond donors (Lipinski definition) is 2. The summed E-state index contributed by atoms with van der Waals surface area (Å²) in [6.07, 6.45) is 3.02. The third kappa shape index (κ3) is 4.18. The van der Waals surface area contributed by atoms with Gasteiger partial charge in [0.15, 0.2) is 0 Å². The summed E-state index contributed by atoms with van der Waals surface area (Å²) in [7, 11) is 0. The molecule has 0 aliphatic rings. The molecule has 3 rings (SSSR count). The Morgan fingerprint density at radius 3 is 2.56 bits per heavy atom. The number of halogens is 1. The lowest BCUT2D eigenvalue weighted by Gasteiger charge is -2.09. The molecule has 2 aromatic carbocycles. The highest BCUT2D eigenvalue weighted by Crippen LogP contribution is 2.18. The van der Waals surface area contributed by atoms with Crippen molar-refractivity contribution in [1.82, 2.24) is 4.98 Å². The van der Waals surface area contributed by atoms with Gasteiger partial charge in [-0.2, -0.15) is 5.26 Å². The van der Waals surface area contributed by atoms with Gasteiger partial charge in [-0.15, -0.1) is 0 Å². The van der Waals surface area contributed by atoms with Gasteiger partial charge in [-0.1, -0.05) is 6.07 Å². The standard InChI is InChI=1S/C19H13FN4O/c20-15-4-6-16(7-5-15)24-19(25)14-9-18(12-22-11-14)23-17-3-1-2-13(8-17)10-21/h1-9,11-12,23H,(H,24,25). The van der Waals surface area contributed by atoms with Crippen LogP contribution in [0.25, 0.3) is 0 Å². The second kappa shape index (κ2) is 7.23. The Labute approximate surface area is 143 Å². The van der Waals surface area contributed by atoms with Crippen LogP contribution < -0.4 is 10.6 Å². The van der Waals surface area contributed by atoms with Crippen molar-refractivity contribution in [3.8, 4) is 6.07 Å². The maximum Gasteiger partial charge on any atom is 0.257 e. The third-order valence-electron chi connectivity index (χ3n) is 3.38. The van der Waals surface area contributed by atoms with Crippen molar-refractivity contribution in [3.05, 3.63) is 83.9 Å². The first-order valence-corrected chi connectivity index (χ1v) is 7.43. The van der Waals surface area contributed by atoms with Crippen molar-refractivity contribution in [1.29, 1.82) is 5.26 Å². The van der Waals surface area contributed by atoms with Gasteiger partial charge in [-0.3, -0.25) is 9.78 Å². The number of nitriles is 1. The van der Waals surface area contributed by atoms with E-state index in [2.05, 4.69) is 21.7 Å². The molecule has 0 saturated carbocycles. The molecule has 0 atom stereocenters. The van der Waals surface area contributed by atoms with Crippen molar-refractivity contribution in [2.45, 2.75) is 0 Å². The quantitative estimate of drug-likeness (QED) is 0.754. The molecular formula is C19H13FN4O. The Kier molecular flexibility index (Phi) is 4.67. The molecule has 3 aromatic rings. The van der Waals surface area contributed by atoms with Gasteiger partial charge in [0.2, 0.25) is 0 Å². The van der Waals surface area contributed by atoms with Gasteiger partial charge in [0.25, 0.3) is 5.91 Å². The van der Waals surface area contributed by atoms with Crippen molar-refractivity contribution >= 4 is 23.0 Å². The van der Waals surface area contributed by atoms with E-state index in [1.165, 1.54) is 30.5 Å². The van der Waals surface area contributed by atoms with E-state index in [0.717, 1.165) is 5.69 Å². The minimum absolute atomic E-state index is 0.353. The van der Waals surface area contributed by atoms with Crippen LogP contribution in [0.5, 0.6) is 0 Å². The maximum absolute atomic E-state index is 12.9. The Hall–Kier alpha value is -3.72. The summed E-state index contributed by atoms with van der Waals surface area (Å²) < 4.78 is 12.9. The second-order valence-electron chi connectivity index (χ2n) is 5.24. The highest BCUT2D eigenvalue weighted by atomic mass is 19.1. The molecule has 0 unspecified atom stereocenters. The lowest BCUT2D eigenvalue weighted by molar-refractivity contribution is 0.102. The Morgan fingerprint density at radius 2 is 1.80 bits per heavy atom. The van der Waals surface area contributed by atoms with E-state index < -0.39 is 0 Å². The zero-order valence-corrected chi connectivity index (χ0v) is 13.0.